The van der Waals surface area contributed by atoms with Crippen molar-refractivity contribution in [3.8, 4) is 0 Å². The van der Waals surface area contributed by atoms with Gasteiger partial charge in [0.2, 0.25) is 5.91 Å². The summed E-state index contributed by atoms with van der Waals surface area (Å²) in [5.41, 5.74) is 6.96. The molecule has 2 saturated heterocycles. The molecule has 1 aromatic carbocycles. The van der Waals surface area contributed by atoms with Crippen molar-refractivity contribution in [2.45, 2.75) is 25.8 Å². The first-order valence-electron chi connectivity index (χ1n) is 7.53. The second kappa shape index (κ2) is 6.75. The molecule has 2 atom stereocenters. The molecule has 2 unspecified atom stereocenters. The number of rotatable bonds is 3. The van der Waals surface area contributed by atoms with Crippen LogP contribution in [-0.4, -0.2) is 43.0 Å². The Bertz CT molecular complexity index is 537. The maximum absolute atomic E-state index is 12.7. The number of benzene rings is 1. The highest BCUT2D eigenvalue weighted by molar-refractivity contribution is 6.30. The number of amides is 1. The number of carbonyl (C=O) groups is 1. The van der Waals surface area contributed by atoms with Gasteiger partial charge >= 0.3 is 0 Å². The summed E-state index contributed by atoms with van der Waals surface area (Å²) in [4.78, 5) is 16.9. The first-order valence-corrected chi connectivity index (χ1v) is 7.91. The van der Waals surface area contributed by atoms with E-state index >= 15 is 0 Å². The van der Waals surface area contributed by atoms with Gasteiger partial charge in [0.15, 0.2) is 0 Å². The van der Waals surface area contributed by atoms with Gasteiger partial charge in [0.05, 0.1) is 6.04 Å². The van der Waals surface area contributed by atoms with Crippen LogP contribution in [0.1, 0.15) is 19.8 Å². The van der Waals surface area contributed by atoms with Gasteiger partial charge in [-0.05, 0) is 55.6 Å². The molecule has 6 heteroatoms. The molecule has 2 fully saturated rings. The average Bonchev–Trinajstić information content (AvgIpc) is 3.04. The average molecular weight is 344 g/mol. The van der Waals surface area contributed by atoms with E-state index < -0.39 is 0 Å². The van der Waals surface area contributed by atoms with Crippen molar-refractivity contribution in [3.63, 3.8) is 0 Å². The minimum Gasteiger partial charge on any atom is -0.330 e. The van der Waals surface area contributed by atoms with Crippen molar-refractivity contribution in [2.75, 3.05) is 31.1 Å². The number of anilines is 1. The molecule has 0 radical (unpaired) electrons. The summed E-state index contributed by atoms with van der Waals surface area (Å²) in [7, 11) is 0. The van der Waals surface area contributed by atoms with Crippen LogP contribution < -0.4 is 10.6 Å². The summed E-state index contributed by atoms with van der Waals surface area (Å²) in [6.45, 7) is 5.57. The van der Waals surface area contributed by atoms with Gasteiger partial charge in [-0.25, -0.2) is 0 Å². The Morgan fingerprint density at radius 1 is 1.32 bits per heavy atom. The van der Waals surface area contributed by atoms with Crippen molar-refractivity contribution in [3.05, 3.63) is 29.3 Å². The van der Waals surface area contributed by atoms with Crippen LogP contribution in [0.3, 0.4) is 0 Å². The summed E-state index contributed by atoms with van der Waals surface area (Å²) in [6, 6.07) is 7.50. The maximum atomic E-state index is 12.7. The molecule has 0 spiro atoms. The van der Waals surface area contributed by atoms with Crippen LogP contribution in [0.4, 0.5) is 5.69 Å². The lowest BCUT2D eigenvalue weighted by molar-refractivity contribution is -0.121. The Balaban J connectivity index is 0.00000176. The van der Waals surface area contributed by atoms with Gasteiger partial charge in [-0.15, -0.1) is 12.4 Å². The minimum absolute atomic E-state index is 0. The quantitative estimate of drug-likeness (QED) is 0.917. The third-order valence-corrected chi connectivity index (χ3v) is 5.09. The molecule has 2 aliphatic heterocycles. The van der Waals surface area contributed by atoms with Gasteiger partial charge in [-0.2, -0.15) is 0 Å². The number of likely N-dealkylation sites (tertiary alicyclic amines) is 1. The van der Waals surface area contributed by atoms with E-state index in [0.29, 0.717) is 11.6 Å². The Labute approximate surface area is 143 Å². The normalized spacial score (nSPS) is 29.0. The van der Waals surface area contributed by atoms with Gasteiger partial charge in [-0.3, -0.25) is 9.69 Å². The molecule has 1 aromatic rings. The molecule has 0 bridgehead atoms. The number of carbonyl (C=O) groups excluding carboxylic acids is 1. The van der Waals surface area contributed by atoms with Gasteiger partial charge in [0.25, 0.3) is 0 Å². The van der Waals surface area contributed by atoms with E-state index in [-0.39, 0.29) is 29.8 Å². The first kappa shape index (κ1) is 17.5. The molecule has 2 N–H and O–H groups in total. The van der Waals surface area contributed by atoms with Crippen molar-refractivity contribution < 1.29 is 4.79 Å². The lowest BCUT2D eigenvalue weighted by Gasteiger charge is -2.26. The minimum atomic E-state index is 0. The summed E-state index contributed by atoms with van der Waals surface area (Å²) < 4.78 is 0. The van der Waals surface area contributed by atoms with E-state index in [0.717, 1.165) is 38.2 Å². The molecule has 122 valence electrons. The molecule has 0 saturated carbocycles. The van der Waals surface area contributed by atoms with E-state index in [1.807, 2.05) is 29.2 Å². The summed E-state index contributed by atoms with van der Waals surface area (Å²) in [5, 5.41) is 0.695. The van der Waals surface area contributed by atoms with Crippen LogP contribution in [0.2, 0.25) is 5.02 Å². The smallest absolute Gasteiger partial charge is 0.244 e. The number of nitrogens with two attached hydrogens (primary N) is 1. The predicted octanol–water partition coefficient (Wildman–Crippen LogP) is 2.54. The molecule has 1 amide bonds. The van der Waals surface area contributed by atoms with Crippen molar-refractivity contribution >= 4 is 35.6 Å². The third kappa shape index (κ3) is 3.25. The zero-order chi connectivity index (χ0) is 15.0. The van der Waals surface area contributed by atoms with E-state index in [4.69, 9.17) is 17.3 Å². The van der Waals surface area contributed by atoms with Crippen LogP contribution >= 0.6 is 24.0 Å². The largest absolute Gasteiger partial charge is 0.330 e. The van der Waals surface area contributed by atoms with Crippen LogP contribution in [0.25, 0.3) is 0 Å². The summed E-state index contributed by atoms with van der Waals surface area (Å²) in [5.74, 6) is 0.207. The molecular formula is C16H23Cl2N3O. The predicted molar refractivity (Wildman–Crippen MR) is 92.8 cm³/mol. The Morgan fingerprint density at radius 2 is 2.00 bits per heavy atom. The number of hydrogen-bond acceptors (Lipinski definition) is 3. The van der Waals surface area contributed by atoms with E-state index in [1.54, 1.807) is 0 Å². The summed E-state index contributed by atoms with van der Waals surface area (Å²) in [6.07, 6.45) is 1.97. The van der Waals surface area contributed by atoms with Gasteiger partial charge < -0.3 is 10.6 Å². The zero-order valence-corrected chi connectivity index (χ0v) is 14.4. The molecule has 3 rings (SSSR count). The number of nitrogens with zero attached hydrogens (tertiary/aromatic N) is 2. The lowest BCUT2D eigenvalue weighted by atomic mass is 9.90. The van der Waals surface area contributed by atoms with Gasteiger partial charge in [-0.1, -0.05) is 18.5 Å². The van der Waals surface area contributed by atoms with E-state index in [2.05, 4.69) is 11.8 Å². The fourth-order valence-corrected chi connectivity index (χ4v) is 3.50. The highest BCUT2D eigenvalue weighted by Gasteiger charge is 2.42. The van der Waals surface area contributed by atoms with Crippen molar-refractivity contribution in [1.82, 2.24) is 4.90 Å². The van der Waals surface area contributed by atoms with Crippen molar-refractivity contribution in [1.29, 1.82) is 0 Å². The van der Waals surface area contributed by atoms with Crippen LogP contribution in [0.15, 0.2) is 24.3 Å². The van der Waals surface area contributed by atoms with Crippen LogP contribution in [-0.2, 0) is 4.79 Å². The SMILES string of the molecule is CC1(CN)CCN(C2CCN(c3ccc(Cl)cc3)C2=O)C1.Cl. The maximum Gasteiger partial charge on any atom is 0.244 e. The fourth-order valence-electron chi connectivity index (χ4n) is 3.38. The van der Waals surface area contributed by atoms with E-state index in [9.17, 15) is 4.79 Å². The number of halogens is 2. The molecule has 2 heterocycles. The van der Waals surface area contributed by atoms with Gasteiger partial charge in [0.1, 0.15) is 0 Å². The van der Waals surface area contributed by atoms with E-state index in [1.165, 1.54) is 0 Å². The zero-order valence-electron chi connectivity index (χ0n) is 12.8. The molecule has 4 nitrogen and oxygen atoms in total. The Hall–Kier alpha value is -0.810. The van der Waals surface area contributed by atoms with Crippen LogP contribution in [0, 0.1) is 5.41 Å². The van der Waals surface area contributed by atoms with Crippen LogP contribution in [0.5, 0.6) is 0 Å². The monoisotopic (exact) mass is 343 g/mol. The molecule has 0 aromatic heterocycles. The first-order chi connectivity index (χ1) is 10.0. The number of hydrogen-bond donors (Lipinski definition) is 1. The highest BCUT2D eigenvalue weighted by Crippen LogP contribution is 2.33. The molecular weight excluding hydrogens is 321 g/mol. The molecule has 22 heavy (non-hydrogen) atoms. The van der Waals surface area contributed by atoms with Gasteiger partial charge in [0, 0.05) is 23.8 Å². The highest BCUT2D eigenvalue weighted by atomic mass is 35.5. The lowest BCUT2D eigenvalue weighted by Crippen LogP contribution is -2.42. The third-order valence-electron chi connectivity index (χ3n) is 4.84. The Morgan fingerprint density at radius 3 is 2.59 bits per heavy atom. The van der Waals surface area contributed by atoms with Crippen molar-refractivity contribution in [2.24, 2.45) is 11.1 Å². The standard InChI is InChI=1S/C16H22ClN3O.ClH/c1-16(10-18)7-9-19(11-16)14-6-8-20(15(14)21)13-4-2-12(17)3-5-13;/h2-5,14H,6-11,18H2,1H3;1H. The fraction of sp³-hybridized carbons (Fsp3) is 0.562. The second-order valence-corrected chi connectivity index (χ2v) is 6.94. The topological polar surface area (TPSA) is 49.6 Å². The molecule has 2 aliphatic rings. The Kier molecular flexibility index (Phi) is 5.38. The second-order valence-electron chi connectivity index (χ2n) is 6.51. The molecule has 0 aliphatic carbocycles. The summed E-state index contributed by atoms with van der Waals surface area (Å²) >= 11 is 5.91.